The predicted molar refractivity (Wildman–Crippen MR) is 105 cm³/mol. The first-order valence-electron chi connectivity index (χ1n) is 8.79. The second kappa shape index (κ2) is 7.79. The number of carbonyl (C=O) groups is 1. The number of hydrogen-bond acceptors (Lipinski definition) is 5. The number of rotatable bonds is 5. The third-order valence-electron chi connectivity index (χ3n) is 4.32. The first-order chi connectivity index (χ1) is 13.7. The number of fused-ring (bicyclic) bond motifs is 1. The Hall–Kier alpha value is -3.87. The molecule has 0 bridgehead atoms. The summed E-state index contributed by atoms with van der Waals surface area (Å²) in [5, 5.41) is 8.61. The van der Waals surface area contributed by atoms with Gasteiger partial charge in [-0.15, -0.1) is 0 Å². The molecule has 4 rings (SSSR count). The third kappa shape index (κ3) is 3.64. The molecule has 7 heteroatoms. The highest BCUT2D eigenvalue weighted by Crippen LogP contribution is 2.13. The van der Waals surface area contributed by atoms with Gasteiger partial charge in [-0.1, -0.05) is 24.3 Å². The van der Waals surface area contributed by atoms with Crippen molar-refractivity contribution < 1.29 is 4.79 Å². The van der Waals surface area contributed by atoms with Crippen molar-refractivity contribution in [2.45, 2.75) is 13.1 Å². The van der Waals surface area contributed by atoms with E-state index in [4.69, 9.17) is 0 Å². The Labute approximate surface area is 160 Å². The molecule has 3 aromatic heterocycles. The van der Waals surface area contributed by atoms with Gasteiger partial charge in [0.05, 0.1) is 35.4 Å². The Bertz CT molecular complexity index is 1170. The molecule has 3 heterocycles. The van der Waals surface area contributed by atoms with Crippen LogP contribution in [0, 0.1) is 0 Å². The van der Waals surface area contributed by atoms with Gasteiger partial charge in [0.15, 0.2) is 0 Å². The molecule has 1 aromatic carbocycles. The quantitative estimate of drug-likeness (QED) is 0.581. The second-order valence-corrected chi connectivity index (χ2v) is 6.20. The molecule has 138 valence electrons. The summed E-state index contributed by atoms with van der Waals surface area (Å²) in [7, 11) is 0. The van der Waals surface area contributed by atoms with Gasteiger partial charge >= 0.3 is 0 Å². The summed E-state index contributed by atoms with van der Waals surface area (Å²) in [4.78, 5) is 33.4. The molecular weight excluding hydrogens is 354 g/mol. The molecule has 0 aliphatic heterocycles. The Balaban J connectivity index is 1.68. The van der Waals surface area contributed by atoms with E-state index in [1.165, 1.54) is 10.9 Å². The summed E-state index contributed by atoms with van der Waals surface area (Å²) in [6, 6.07) is 16.2. The zero-order valence-corrected chi connectivity index (χ0v) is 14.9. The Morgan fingerprint density at radius 1 is 0.964 bits per heavy atom. The van der Waals surface area contributed by atoms with Crippen LogP contribution < -0.4 is 10.9 Å². The zero-order valence-electron chi connectivity index (χ0n) is 14.9. The van der Waals surface area contributed by atoms with Crippen molar-refractivity contribution in [2.24, 2.45) is 0 Å². The van der Waals surface area contributed by atoms with Crippen LogP contribution >= 0.6 is 0 Å². The minimum absolute atomic E-state index is 0.191. The average Bonchev–Trinajstić information content (AvgIpc) is 2.76. The fraction of sp³-hybridized carbons (Fsp3) is 0.0952. The molecule has 0 radical (unpaired) electrons. The molecule has 0 spiro atoms. The fourth-order valence-corrected chi connectivity index (χ4v) is 2.95. The average molecular weight is 371 g/mol. The van der Waals surface area contributed by atoms with Crippen LogP contribution in [-0.2, 0) is 13.1 Å². The molecule has 1 N–H and O–H groups in total. The lowest BCUT2D eigenvalue weighted by Gasteiger charge is -2.11. The molecule has 0 aliphatic carbocycles. The van der Waals surface area contributed by atoms with Crippen molar-refractivity contribution in [3.63, 3.8) is 0 Å². The van der Waals surface area contributed by atoms with E-state index in [9.17, 15) is 9.59 Å². The van der Waals surface area contributed by atoms with Gasteiger partial charge < -0.3 is 5.32 Å². The maximum atomic E-state index is 12.8. The van der Waals surface area contributed by atoms with Crippen molar-refractivity contribution >= 4 is 16.7 Å². The molecule has 0 aliphatic rings. The lowest BCUT2D eigenvalue weighted by atomic mass is 10.1. The van der Waals surface area contributed by atoms with E-state index in [1.54, 1.807) is 30.6 Å². The summed E-state index contributed by atoms with van der Waals surface area (Å²) >= 11 is 0. The largest absolute Gasteiger partial charge is 0.346 e. The fourth-order valence-electron chi connectivity index (χ4n) is 2.95. The third-order valence-corrected chi connectivity index (χ3v) is 4.32. The molecule has 1 amide bonds. The van der Waals surface area contributed by atoms with Gasteiger partial charge in [-0.05, 0) is 30.3 Å². The lowest BCUT2D eigenvalue weighted by molar-refractivity contribution is 0.0950. The van der Waals surface area contributed by atoms with E-state index in [2.05, 4.69) is 20.4 Å². The normalized spacial score (nSPS) is 10.7. The SMILES string of the molecule is O=C(NCc1nn(Cc2ccccn2)c(=O)c2ccccc12)c1cccnc1. The van der Waals surface area contributed by atoms with E-state index >= 15 is 0 Å². The zero-order chi connectivity index (χ0) is 19.3. The number of aromatic nitrogens is 4. The number of nitrogens with one attached hydrogen (secondary N) is 1. The molecule has 0 saturated heterocycles. The molecular formula is C21H17N5O2. The molecule has 4 aromatic rings. The summed E-state index contributed by atoms with van der Waals surface area (Å²) in [5.74, 6) is -0.249. The highest BCUT2D eigenvalue weighted by Gasteiger charge is 2.13. The molecule has 28 heavy (non-hydrogen) atoms. The van der Waals surface area contributed by atoms with Gasteiger partial charge in [0.2, 0.25) is 0 Å². The van der Waals surface area contributed by atoms with Gasteiger partial charge in [-0.25, -0.2) is 4.68 Å². The van der Waals surface area contributed by atoms with Crippen molar-refractivity contribution in [2.75, 3.05) is 0 Å². The summed E-state index contributed by atoms with van der Waals surface area (Å²) in [6.45, 7) is 0.449. The van der Waals surface area contributed by atoms with Gasteiger partial charge in [0.25, 0.3) is 11.5 Å². The number of pyridine rings is 2. The number of nitrogens with zero attached hydrogens (tertiary/aromatic N) is 4. The van der Waals surface area contributed by atoms with Crippen LogP contribution in [0.5, 0.6) is 0 Å². The van der Waals surface area contributed by atoms with E-state index in [0.29, 0.717) is 16.6 Å². The smallest absolute Gasteiger partial charge is 0.275 e. The number of carbonyl (C=O) groups excluding carboxylic acids is 1. The van der Waals surface area contributed by atoms with Crippen molar-refractivity contribution in [1.82, 2.24) is 25.1 Å². The molecule has 0 unspecified atom stereocenters. The lowest BCUT2D eigenvalue weighted by Crippen LogP contribution is -2.29. The van der Waals surface area contributed by atoms with Crippen LogP contribution in [-0.4, -0.2) is 25.7 Å². The van der Waals surface area contributed by atoms with Crippen molar-refractivity contribution in [3.8, 4) is 0 Å². The molecule has 0 saturated carbocycles. The highest BCUT2D eigenvalue weighted by molar-refractivity contribution is 5.94. The first kappa shape index (κ1) is 17.5. The van der Waals surface area contributed by atoms with E-state index in [1.807, 2.05) is 36.4 Å². The molecule has 7 nitrogen and oxygen atoms in total. The summed E-state index contributed by atoms with van der Waals surface area (Å²) in [5.41, 5.74) is 1.62. The number of hydrogen-bond donors (Lipinski definition) is 1. The van der Waals surface area contributed by atoms with Crippen LogP contribution in [0.4, 0.5) is 0 Å². The van der Waals surface area contributed by atoms with Crippen molar-refractivity contribution in [1.29, 1.82) is 0 Å². The number of benzene rings is 1. The van der Waals surface area contributed by atoms with E-state index in [0.717, 1.165) is 11.1 Å². The van der Waals surface area contributed by atoms with Gasteiger partial charge in [-0.3, -0.25) is 19.6 Å². The summed E-state index contributed by atoms with van der Waals surface area (Å²) in [6.07, 6.45) is 4.79. The van der Waals surface area contributed by atoms with Gasteiger partial charge in [0, 0.05) is 24.0 Å². The van der Waals surface area contributed by atoms with E-state index in [-0.39, 0.29) is 24.6 Å². The van der Waals surface area contributed by atoms with Crippen LogP contribution in [0.15, 0.2) is 78.0 Å². The second-order valence-electron chi connectivity index (χ2n) is 6.20. The predicted octanol–water partition coefficient (Wildman–Crippen LogP) is 2.16. The Morgan fingerprint density at radius 3 is 2.54 bits per heavy atom. The standard InChI is InChI=1S/C21H17N5O2/c27-20(15-6-5-10-22-12-15)24-13-19-17-8-1-2-9-18(17)21(28)26(25-19)14-16-7-3-4-11-23-16/h1-12H,13-14H2,(H,24,27). The van der Waals surface area contributed by atoms with Crippen LogP contribution in [0.1, 0.15) is 21.7 Å². The maximum Gasteiger partial charge on any atom is 0.275 e. The monoisotopic (exact) mass is 371 g/mol. The summed E-state index contributed by atoms with van der Waals surface area (Å²) < 4.78 is 1.39. The number of amides is 1. The topological polar surface area (TPSA) is 89.8 Å². The molecule has 0 atom stereocenters. The Morgan fingerprint density at radius 2 is 1.79 bits per heavy atom. The Kier molecular flexibility index (Phi) is 4.88. The minimum Gasteiger partial charge on any atom is -0.346 e. The maximum absolute atomic E-state index is 12.8. The van der Waals surface area contributed by atoms with E-state index < -0.39 is 0 Å². The minimum atomic E-state index is -0.249. The first-order valence-corrected chi connectivity index (χ1v) is 8.79. The van der Waals surface area contributed by atoms with Crippen LogP contribution in [0.2, 0.25) is 0 Å². The van der Waals surface area contributed by atoms with Crippen molar-refractivity contribution in [3.05, 3.63) is 100 Å². The van der Waals surface area contributed by atoms with Crippen LogP contribution in [0.3, 0.4) is 0 Å². The van der Waals surface area contributed by atoms with Gasteiger partial charge in [0.1, 0.15) is 0 Å². The van der Waals surface area contributed by atoms with Crippen LogP contribution in [0.25, 0.3) is 10.8 Å². The van der Waals surface area contributed by atoms with Gasteiger partial charge in [-0.2, -0.15) is 5.10 Å². The molecule has 0 fully saturated rings. The highest BCUT2D eigenvalue weighted by atomic mass is 16.1.